The zero-order chi connectivity index (χ0) is 18.4. The Labute approximate surface area is 151 Å². The molecule has 1 aromatic carbocycles. The Morgan fingerprint density at radius 1 is 1.08 bits per heavy atom. The van der Waals surface area contributed by atoms with Crippen LogP contribution in [-0.4, -0.2) is 54.3 Å². The molecule has 138 valence electrons. The summed E-state index contributed by atoms with van der Waals surface area (Å²) in [6, 6.07) is 9.76. The summed E-state index contributed by atoms with van der Waals surface area (Å²) in [7, 11) is 0. The fourth-order valence-electron chi connectivity index (χ4n) is 2.91. The average molecular weight is 359 g/mol. The molecule has 0 saturated carbocycles. The number of hydrogen-bond acceptors (Lipinski definition) is 4. The van der Waals surface area contributed by atoms with E-state index in [1.54, 1.807) is 35.2 Å². The Morgan fingerprint density at radius 3 is 2.54 bits per heavy atom. The van der Waals surface area contributed by atoms with Gasteiger partial charge in [-0.2, -0.15) is 0 Å². The van der Waals surface area contributed by atoms with Crippen LogP contribution < -0.4 is 5.32 Å². The van der Waals surface area contributed by atoms with Crippen molar-refractivity contribution in [1.29, 1.82) is 0 Å². The van der Waals surface area contributed by atoms with E-state index in [9.17, 15) is 14.0 Å². The van der Waals surface area contributed by atoms with Gasteiger partial charge in [0, 0.05) is 51.3 Å². The lowest BCUT2D eigenvalue weighted by molar-refractivity contribution is -0.121. The number of piperazine rings is 1. The monoisotopic (exact) mass is 359 g/mol. The summed E-state index contributed by atoms with van der Waals surface area (Å²) in [6.45, 7) is 3.45. The minimum absolute atomic E-state index is 0.0997. The smallest absolute Gasteiger partial charge is 0.289 e. The van der Waals surface area contributed by atoms with Crippen LogP contribution in [0.1, 0.15) is 22.5 Å². The average Bonchev–Trinajstić information content (AvgIpc) is 3.20. The van der Waals surface area contributed by atoms with Crippen molar-refractivity contribution < 1.29 is 18.4 Å². The van der Waals surface area contributed by atoms with Crippen molar-refractivity contribution in [2.24, 2.45) is 0 Å². The fraction of sp³-hybridized carbons (Fsp3) is 0.368. The molecule has 2 aromatic rings. The van der Waals surface area contributed by atoms with Crippen molar-refractivity contribution in [3.05, 3.63) is 59.8 Å². The molecule has 1 aliphatic heterocycles. The predicted octanol–water partition coefficient (Wildman–Crippen LogP) is 1.88. The number of rotatable bonds is 6. The minimum atomic E-state index is -0.315. The van der Waals surface area contributed by atoms with Gasteiger partial charge in [-0.1, -0.05) is 18.2 Å². The summed E-state index contributed by atoms with van der Waals surface area (Å²) in [5.41, 5.74) is 0.478. The summed E-state index contributed by atoms with van der Waals surface area (Å²) < 4.78 is 18.7. The Bertz CT molecular complexity index is 740. The predicted molar refractivity (Wildman–Crippen MR) is 93.9 cm³/mol. The van der Waals surface area contributed by atoms with Gasteiger partial charge in [0.1, 0.15) is 5.82 Å². The molecule has 1 aliphatic rings. The molecule has 26 heavy (non-hydrogen) atoms. The quantitative estimate of drug-likeness (QED) is 0.855. The molecule has 0 unspecified atom stereocenters. The van der Waals surface area contributed by atoms with Gasteiger partial charge in [-0.25, -0.2) is 4.39 Å². The molecular formula is C19H22FN3O3. The van der Waals surface area contributed by atoms with Gasteiger partial charge in [-0.15, -0.1) is 0 Å². The zero-order valence-electron chi connectivity index (χ0n) is 14.5. The molecule has 0 aliphatic carbocycles. The molecular weight excluding hydrogens is 337 g/mol. The van der Waals surface area contributed by atoms with E-state index in [1.807, 2.05) is 0 Å². The standard InChI is InChI=1S/C19H22FN3O3/c20-16-5-2-1-4-15(16)14-21-18(24)7-8-22-9-11-23(12-10-22)19(25)17-6-3-13-26-17/h1-6,13H,7-12,14H2,(H,21,24). The van der Waals surface area contributed by atoms with Gasteiger partial charge in [0.2, 0.25) is 5.91 Å². The molecule has 7 heteroatoms. The van der Waals surface area contributed by atoms with Crippen LogP contribution in [0.2, 0.25) is 0 Å². The molecule has 1 N–H and O–H groups in total. The molecule has 0 spiro atoms. The van der Waals surface area contributed by atoms with E-state index in [1.165, 1.54) is 12.3 Å². The van der Waals surface area contributed by atoms with Crippen molar-refractivity contribution >= 4 is 11.8 Å². The van der Waals surface area contributed by atoms with Crippen molar-refractivity contribution in [3.63, 3.8) is 0 Å². The van der Waals surface area contributed by atoms with Crippen LogP contribution in [0.25, 0.3) is 0 Å². The molecule has 1 aromatic heterocycles. The zero-order valence-corrected chi connectivity index (χ0v) is 14.5. The fourth-order valence-corrected chi connectivity index (χ4v) is 2.91. The topological polar surface area (TPSA) is 65.8 Å². The van der Waals surface area contributed by atoms with E-state index in [0.29, 0.717) is 50.5 Å². The second-order valence-electron chi connectivity index (χ2n) is 6.23. The first-order valence-electron chi connectivity index (χ1n) is 8.69. The molecule has 1 saturated heterocycles. The first-order chi connectivity index (χ1) is 12.6. The highest BCUT2D eigenvalue weighted by atomic mass is 19.1. The normalized spacial score (nSPS) is 15.0. The number of benzene rings is 1. The SMILES string of the molecule is O=C(CCN1CCN(C(=O)c2ccco2)CC1)NCc1ccccc1F. The number of furan rings is 1. The number of halogens is 1. The van der Waals surface area contributed by atoms with E-state index in [-0.39, 0.29) is 24.2 Å². The van der Waals surface area contributed by atoms with E-state index in [4.69, 9.17) is 4.42 Å². The minimum Gasteiger partial charge on any atom is -0.459 e. The lowest BCUT2D eigenvalue weighted by Crippen LogP contribution is -2.49. The van der Waals surface area contributed by atoms with Gasteiger partial charge < -0.3 is 14.6 Å². The number of carbonyl (C=O) groups excluding carboxylic acids is 2. The van der Waals surface area contributed by atoms with Gasteiger partial charge in [0.15, 0.2) is 5.76 Å². The summed E-state index contributed by atoms with van der Waals surface area (Å²) in [6.07, 6.45) is 1.84. The van der Waals surface area contributed by atoms with Crippen molar-refractivity contribution in [2.45, 2.75) is 13.0 Å². The number of hydrogen-bond donors (Lipinski definition) is 1. The summed E-state index contributed by atoms with van der Waals surface area (Å²) in [5.74, 6) is -0.171. The van der Waals surface area contributed by atoms with E-state index >= 15 is 0 Å². The maximum absolute atomic E-state index is 13.5. The molecule has 6 nitrogen and oxygen atoms in total. The molecule has 0 radical (unpaired) electrons. The first kappa shape index (κ1) is 18.1. The molecule has 0 bridgehead atoms. The summed E-state index contributed by atoms with van der Waals surface area (Å²) >= 11 is 0. The highest BCUT2D eigenvalue weighted by Crippen LogP contribution is 2.10. The van der Waals surface area contributed by atoms with E-state index in [0.717, 1.165) is 0 Å². The number of nitrogens with one attached hydrogen (secondary N) is 1. The van der Waals surface area contributed by atoms with Crippen LogP contribution in [0.4, 0.5) is 4.39 Å². The highest BCUT2D eigenvalue weighted by molar-refractivity contribution is 5.91. The first-order valence-corrected chi connectivity index (χ1v) is 8.69. The maximum Gasteiger partial charge on any atom is 0.289 e. The molecule has 2 amide bonds. The molecule has 1 fully saturated rings. The van der Waals surface area contributed by atoms with E-state index < -0.39 is 0 Å². The van der Waals surface area contributed by atoms with Crippen molar-refractivity contribution in [1.82, 2.24) is 15.1 Å². The number of carbonyl (C=O) groups is 2. The van der Waals surface area contributed by atoms with Gasteiger partial charge in [-0.3, -0.25) is 14.5 Å². The lowest BCUT2D eigenvalue weighted by atomic mass is 10.2. The van der Waals surface area contributed by atoms with Gasteiger partial charge in [0.05, 0.1) is 6.26 Å². The van der Waals surface area contributed by atoms with Crippen LogP contribution in [0.3, 0.4) is 0 Å². The largest absolute Gasteiger partial charge is 0.459 e. The lowest BCUT2D eigenvalue weighted by Gasteiger charge is -2.34. The molecule has 0 atom stereocenters. The Hall–Kier alpha value is -2.67. The maximum atomic E-state index is 13.5. The third-order valence-corrected chi connectivity index (χ3v) is 4.48. The van der Waals surface area contributed by atoms with Gasteiger partial charge in [-0.05, 0) is 18.2 Å². The van der Waals surface area contributed by atoms with Gasteiger partial charge >= 0.3 is 0 Å². The van der Waals surface area contributed by atoms with Crippen molar-refractivity contribution in [2.75, 3.05) is 32.7 Å². The summed E-state index contributed by atoms with van der Waals surface area (Å²) in [4.78, 5) is 28.1. The second-order valence-corrected chi connectivity index (χ2v) is 6.23. The highest BCUT2D eigenvalue weighted by Gasteiger charge is 2.23. The van der Waals surface area contributed by atoms with Crippen LogP contribution in [0.5, 0.6) is 0 Å². The van der Waals surface area contributed by atoms with Crippen LogP contribution in [0, 0.1) is 5.82 Å². The van der Waals surface area contributed by atoms with Crippen LogP contribution in [-0.2, 0) is 11.3 Å². The van der Waals surface area contributed by atoms with E-state index in [2.05, 4.69) is 10.2 Å². The third-order valence-electron chi connectivity index (χ3n) is 4.48. The number of amides is 2. The van der Waals surface area contributed by atoms with Gasteiger partial charge in [0.25, 0.3) is 5.91 Å². The Balaban J connectivity index is 1.36. The Morgan fingerprint density at radius 2 is 1.85 bits per heavy atom. The van der Waals surface area contributed by atoms with Crippen LogP contribution in [0.15, 0.2) is 47.1 Å². The molecule has 3 rings (SSSR count). The second kappa shape index (κ2) is 8.62. The Kier molecular flexibility index (Phi) is 6.01. The third kappa shape index (κ3) is 4.70. The number of nitrogens with zero attached hydrogens (tertiary/aromatic N) is 2. The summed E-state index contributed by atoms with van der Waals surface area (Å²) in [5, 5.41) is 2.74. The van der Waals surface area contributed by atoms with Crippen molar-refractivity contribution in [3.8, 4) is 0 Å². The van der Waals surface area contributed by atoms with Crippen LogP contribution >= 0.6 is 0 Å². The molecule has 2 heterocycles.